The number of alkyl halides is 6. The number of carbonyl (C=O) groups excluding carboxylic acids is 2. The highest BCUT2D eigenvalue weighted by atomic mass is 35.5. The molecular formula is C17H8Cl2F6O3. The van der Waals surface area contributed by atoms with Gasteiger partial charge in [-0.2, -0.15) is 26.3 Å². The summed E-state index contributed by atoms with van der Waals surface area (Å²) in [5, 5.41) is 0.161. The number of Topliss-reactive ketones (excluding diaryl/α,β-unsaturated/α-hetero) is 1. The third-order valence-electron chi connectivity index (χ3n) is 3.39. The summed E-state index contributed by atoms with van der Waals surface area (Å²) in [7, 11) is 0. The highest BCUT2D eigenvalue weighted by molar-refractivity contribution is 6.36. The van der Waals surface area contributed by atoms with Crippen molar-refractivity contribution < 1.29 is 40.7 Å². The number of carbonyl (C=O) groups is 2. The molecule has 150 valence electrons. The summed E-state index contributed by atoms with van der Waals surface area (Å²) in [6.07, 6.45) is -10.2. The summed E-state index contributed by atoms with van der Waals surface area (Å²) in [6, 6.07) is 4.07. The number of ketones is 1. The first-order valence-corrected chi connectivity index (χ1v) is 7.99. The number of benzene rings is 2. The predicted molar refractivity (Wildman–Crippen MR) is 87.5 cm³/mol. The molecule has 0 unspecified atom stereocenters. The third kappa shape index (κ3) is 5.39. The zero-order valence-corrected chi connectivity index (χ0v) is 14.9. The molecule has 2 aromatic rings. The monoisotopic (exact) mass is 444 g/mol. The fourth-order valence-corrected chi connectivity index (χ4v) is 2.59. The molecule has 11 heteroatoms. The fraction of sp³-hybridized carbons (Fsp3) is 0.176. The summed E-state index contributed by atoms with van der Waals surface area (Å²) in [5.41, 5.74) is -4.45. The normalized spacial score (nSPS) is 12.0. The maximum atomic E-state index is 12.8. The Morgan fingerprint density at radius 1 is 0.857 bits per heavy atom. The van der Waals surface area contributed by atoms with Gasteiger partial charge in [-0.1, -0.05) is 23.2 Å². The molecule has 0 bridgehead atoms. The van der Waals surface area contributed by atoms with Gasteiger partial charge in [-0.25, -0.2) is 4.79 Å². The molecule has 0 fully saturated rings. The second kappa shape index (κ2) is 8.00. The molecule has 0 N–H and O–H groups in total. The second-order valence-corrected chi connectivity index (χ2v) is 6.26. The molecule has 3 nitrogen and oxygen atoms in total. The minimum absolute atomic E-state index is 0.0630. The van der Waals surface area contributed by atoms with E-state index in [0.29, 0.717) is 0 Å². The number of halogens is 8. The molecule has 28 heavy (non-hydrogen) atoms. The maximum Gasteiger partial charge on any atom is 0.416 e. The topological polar surface area (TPSA) is 43.4 Å². The highest BCUT2D eigenvalue weighted by Gasteiger charge is 2.37. The minimum Gasteiger partial charge on any atom is -0.454 e. The maximum absolute atomic E-state index is 12.8. The Balaban J connectivity index is 2.25. The van der Waals surface area contributed by atoms with E-state index in [4.69, 9.17) is 23.2 Å². The number of hydrogen-bond donors (Lipinski definition) is 0. The van der Waals surface area contributed by atoms with Crippen molar-refractivity contribution in [2.24, 2.45) is 0 Å². The molecule has 0 heterocycles. The molecule has 0 aliphatic heterocycles. The SMILES string of the molecule is O=C(OCC(=O)c1ccc(Cl)cc1Cl)c1cc(C(F)(F)F)cc(C(F)(F)F)c1. The summed E-state index contributed by atoms with van der Waals surface area (Å²) in [6.45, 7) is -0.947. The van der Waals surface area contributed by atoms with Crippen LogP contribution >= 0.6 is 23.2 Å². The third-order valence-corrected chi connectivity index (χ3v) is 3.94. The molecule has 0 aliphatic rings. The van der Waals surface area contributed by atoms with Crippen LogP contribution in [0.1, 0.15) is 31.8 Å². The molecule has 0 aromatic heterocycles. The summed E-state index contributed by atoms with van der Waals surface area (Å²) in [4.78, 5) is 23.9. The zero-order valence-electron chi connectivity index (χ0n) is 13.4. The van der Waals surface area contributed by atoms with Crippen molar-refractivity contribution in [1.29, 1.82) is 0 Å². The van der Waals surface area contributed by atoms with Gasteiger partial charge in [-0.3, -0.25) is 4.79 Å². The molecule has 0 atom stereocenters. The van der Waals surface area contributed by atoms with Crippen LogP contribution in [0.5, 0.6) is 0 Å². The standard InChI is InChI=1S/C17H8Cl2F6O3/c18-11-1-2-12(13(19)6-11)14(26)7-28-15(27)8-3-9(16(20,21)22)5-10(4-8)17(23,24)25/h1-6H,7H2. The Bertz CT molecular complexity index is 890. The lowest BCUT2D eigenvalue weighted by Gasteiger charge is -2.14. The van der Waals surface area contributed by atoms with E-state index in [2.05, 4.69) is 4.74 Å². The van der Waals surface area contributed by atoms with Crippen molar-refractivity contribution in [3.8, 4) is 0 Å². The highest BCUT2D eigenvalue weighted by Crippen LogP contribution is 2.36. The summed E-state index contributed by atoms with van der Waals surface area (Å²) in [5.74, 6) is -2.35. The summed E-state index contributed by atoms with van der Waals surface area (Å²) >= 11 is 11.5. The molecule has 2 aromatic carbocycles. The Morgan fingerprint density at radius 3 is 1.86 bits per heavy atom. The zero-order chi connectivity index (χ0) is 21.3. The van der Waals surface area contributed by atoms with Gasteiger partial charge < -0.3 is 4.74 Å². The van der Waals surface area contributed by atoms with Gasteiger partial charge in [-0.15, -0.1) is 0 Å². The quantitative estimate of drug-likeness (QED) is 0.326. The van der Waals surface area contributed by atoms with Crippen LogP contribution in [-0.4, -0.2) is 18.4 Å². The first kappa shape index (κ1) is 22.0. The van der Waals surface area contributed by atoms with Gasteiger partial charge in [0.2, 0.25) is 5.78 Å². The van der Waals surface area contributed by atoms with E-state index in [1.165, 1.54) is 18.2 Å². The van der Waals surface area contributed by atoms with Crippen molar-refractivity contribution in [2.75, 3.05) is 6.61 Å². The summed E-state index contributed by atoms with van der Waals surface area (Å²) < 4.78 is 81.4. The molecular weight excluding hydrogens is 437 g/mol. The first-order chi connectivity index (χ1) is 12.8. The van der Waals surface area contributed by atoms with Crippen LogP contribution in [0.3, 0.4) is 0 Å². The average molecular weight is 445 g/mol. The Kier molecular flexibility index (Phi) is 6.30. The molecule has 0 saturated carbocycles. The van der Waals surface area contributed by atoms with Crippen LogP contribution < -0.4 is 0 Å². The van der Waals surface area contributed by atoms with Crippen LogP contribution in [0.15, 0.2) is 36.4 Å². The van der Waals surface area contributed by atoms with Crippen LogP contribution in [0.4, 0.5) is 26.3 Å². The van der Waals surface area contributed by atoms with Gasteiger partial charge in [0.15, 0.2) is 6.61 Å². The number of ether oxygens (including phenoxy) is 1. The second-order valence-electron chi connectivity index (χ2n) is 5.42. The average Bonchev–Trinajstić information content (AvgIpc) is 2.57. The fourth-order valence-electron chi connectivity index (χ4n) is 2.08. The van der Waals surface area contributed by atoms with E-state index in [0.717, 1.165) is 0 Å². The van der Waals surface area contributed by atoms with Crippen LogP contribution in [0.25, 0.3) is 0 Å². The molecule has 0 saturated heterocycles. The van der Waals surface area contributed by atoms with Crippen LogP contribution in [0, 0.1) is 0 Å². The molecule has 0 radical (unpaired) electrons. The smallest absolute Gasteiger partial charge is 0.416 e. The molecule has 0 aliphatic carbocycles. The van der Waals surface area contributed by atoms with Gasteiger partial charge in [0.25, 0.3) is 0 Å². The number of rotatable bonds is 4. The molecule has 0 spiro atoms. The van der Waals surface area contributed by atoms with Crippen molar-refractivity contribution >= 4 is 35.0 Å². The molecule has 0 amide bonds. The Hall–Kier alpha value is -2.26. The van der Waals surface area contributed by atoms with Gasteiger partial charge >= 0.3 is 18.3 Å². The first-order valence-electron chi connectivity index (χ1n) is 7.24. The van der Waals surface area contributed by atoms with E-state index < -0.39 is 47.4 Å². The largest absolute Gasteiger partial charge is 0.454 e. The number of hydrogen-bond acceptors (Lipinski definition) is 3. The van der Waals surface area contributed by atoms with Gasteiger partial charge in [-0.05, 0) is 36.4 Å². The Labute approximate surface area is 163 Å². The minimum atomic E-state index is -5.12. The predicted octanol–water partition coefficient (Wildman–Crippen LogP) is 6.07. The van der Waals surface area contributed by atoms with Crippen LogP contribution in [-0.2, 0) is 17.1 Å². The van der Waals surface area contributed by atoms with E-state index in [-0.39, 0.29) is 33.8 Å². The van der Waals surface area contributed by atoms with E-state index in [9.17, 15) is 35.9 Å². The van der Waals surface area contributed by atoms with Crippen LogP contribution in [0.2, 0.25) is 10.0 Å². The van der Waals surface area contributed by atoms with Crippen molar-refractivity contribution in [3.63, 3.8) is 0 Å². The number of esters is 1. The van der Waals surface area contributed by atoms with Gasteiger partial charge in [0.05, 0.1) is 21.7 Å². The lowest BCUT2D eigenvalue weighted by atomic mass is 10.0. The van der Waals surface area contributed by atoms with Crippen molar-refractivity contribution in [2.45, 2.75) is 12.4 Å². The molecule has 2 rings (SSSR count). The van der Waals surface area contributed by atoms with Crippen molar-refractivity contribution in [1.82, 2.24) is 0 Å². The lowest BCUT2D eigenvalue weighted by Crippen LogP contribution is -2.17. The van der Waals surface area contributed by atoms with Crippen molar-refractivity contribution in [3.05, 3.63) is 68.7 Å². The lowest BCUT2D eigenvalue weighted by molar-refractivity contribution is -0.143. The van der Waals surface area contributed by atoms with E-state index >= 15 is 0 Å². The van der Waals surface area contributed by atoms with Gasteiger partial charge in [0, 0.05) is 10.6 Å². The van der Waals surface area contributed by atoms with E-state index in [1.54, 1.807) is 0 Å². The Morgan fingerprint density at radius 2 is 1.39 bits per heavy atom. The van der Waals surface area contributed by atoms with Gasteiger partial charge in [0.1, 0.15) is 0 Å². The van der Waals surface area contributed by atoms with E-state index in [1.807, 2.05) is 0 Å².